The molecule has 1 aliphatic carbocycles. The molecule has 2 unspecified atom stereocenters. The summed E-state index contributed by atoms with van der Waals surface area (Å²) in [5.41, 5.74) is 0. The molecular weight excluding hydrogens is 315 g/mol. The van der Waals surface area contributed by atoms with Crippen LogP contribution in [0.3, 0.4) is 0 Å². The third-order valence-electron chi connectivity index (χ3n) is 3.99. The van der Waals surface area contributed by atoms with Crippen LogP contribution in [-0.2, 0) is 11.3 Å². The number of ether oxygens (including phenoxy) is 1. The highest BCUT2D eigenvalue weighted by Crippen LogP contribution is 2.33. The zero-order chi connectivity index (χ0) is 16.9. The van der Waals surface area contributed by atoms with E-state index in [1.807, 2.05) is 0 Å². The van der Waals surface area contributed by atoms with Gasteiger partial charge in [0.2, 0.25) is 0 Å². The molecule has 0 saturated heterocycles. The van der Waals surface area contributed by atoms with E-state index in [0.29, 0.717) is 5.82 Å². The Labute approximate surface area is 132 Å². The summed E-state index contributed by atoms with van der Waals surface area (Å²) in [6.07, 6.45) is 0.120. The number of alkyl halides is 3. The molecule has 1 heterocycles. The van der Waals surface area contributed by atoms with E-state index in [2.05, 4.69) is 14.9 Å². The minimum atomic E-state index is -4.42. The first-order valence-electron chi connectivity index (χ1n) is 7.75. The van der Waals surface area contributed by atoms with Crippen molar-refractivity contribution in [2.75, 3.05) is 13.2 Å². The van der Waals surface area contributed by atoms with Gasteiger partial charge in [-0.1, -0.05) is 19.3 Å². The summed E-state index contributed by atoms with van der Waals surface area (Å²) >= 11 is 0. The van der Waals surface area contributed by atoms with Crippen LogP contribution < -0.4 is 0 Å². The van der Waals surface area contributed by atoms with E-state index >= 15 is 0 Å². The van der Waals surface area contributed by atoms with E-state index in [1.165, 1.54) is 10.9 Å². The average molecular weight is 337 g/mol. The van der Waals surface area contributed by atoms with Gasteiger partial charge >= 0.3 is 6.18 Å². The lowest BCUT2D eigenvalue weighted by molar-refractivity contribution is -0.179. The normalized spacial score (nSPS) is 19.7. The van der Waals surface area contributed by atoms with Crippen LogP contribution in [0.1, 0.15) is 44.0 Å². The number of rotatable bonds is 7. The third-order valence-corrected chi connectivity index (χ3v) is 3.99. The summed E-state index contributed by atoms with van der Waals surface area (Å²) in [5, 5.41) is 27.8. The summed E-state index contributed by atoms with van der Waals surface area (Å²) in [7, 11) is 0. The minimum Gasteiger partial charge on any atom is -0.389 e. The SMILES string of the molecule is OC(COCC(F)(F)F)Cn1cnnc1C(O)C1CCCCC1. The van der Waals surface area contributed by atoms with Gasteiger partial charge in [-0.3, -0.25) is 0 Å². The van der Waals surface area contributed by atoms with Crippen molar-refractivity contribution >= 4 is 0 Å². The second-order valence-electron chi connectivity index (χ2n) is 5.97. The minimum absolute atomic E-state index is 0.0238. The molecule has 0 bridgehead atoms. The van der Waals surface area contributed by atoms with Crippen LogP contribution in [0.15, 0.2) is 6.33 Å². The van der Waals surface area contributed by atoms with Crippen LogP contribution >= 0.6 is 0 Å². The molecule has 0 aliphatic heterocycles. The fraction of sp³-hybridized carbons (Fsp3) is 0.857. The Balaban J connectivity index is 1.87. The predicted molar refractivity (Wildman–Crippen MR) is 74.4 cm³/mol. The summed E-state index contributed by atoms with van der Waals surface area (Å²) in [4.78, 5) is 0. The second kappa shape index (κ2) is 8.07. The largest absolute Gasteiger partial charge is 0.411 e. The van der Waals surface area contributed by atoms with E-state index in [1.54, 1.807) is 0 Å². The molecule has 0 radical (unpaired) electrons. The number of nitrogens with zero attached hydrogens (tertiary/aromatic N) is 3. The van der Waals surface area contributed by atoms with Gasteiger partial charge in [0.15, 0.2) is 5.82 Å². The average Bonchev–Trinajstić information content (AvgIpc) is 2.94. The van der Waals surface area contributed by atoms with Gasteiger partial charge in [0, 0.05) is 0 Å². The van der Waals surface area contributed by atoms with E-state index in [9.17, 15) is 23.4 Å². The van der Waals surface area contributed by atoms with Crippen molar-refractivity contribution < 1.29 is 28.1 Å². The molecule has 0 amide bonds. The van der Waals surface area contributed by atoms with Crippen LogP contribution in [0.2, 0.25) is 0 Å². The lowest BCUT2D eigenvalue weighted by Crippen LogP contribution is -2.27. The van der Waals surface area contributed by atoms with Crippen molar-refractivity contribution in [1.82, 2.24) is 14.8 Å². The lowest BCUT2D eigenvalue weighted by Gasteiger charge is -2.26. The van der Waals surface area contributed by atoms with Gasteiger partial charge in [-0.2, -0.15) is 13.2 Å². The zero-order valence-electron chi connectivity index (χ0n) is 12.7. The smallest absolute Gasteiger partial charge is 0.389 e. The highest BCUT2D eigenvalue weighted by molar-refractivity contribution is 4.95. The van der Waals surface area contributed by atoms with Gasteiger partial charge in [0.1, 0.15) is 19.0 Å². The molecule has 0 aromatic carbocycles. The first-order valence-corrected chi connectivity index (χ1v) is 7.75. The van der Waals surface area contributed by atoms with Gasteiger partial charge < -0.3 is 19.5 Å². The quantitative estimate of drug-likeness (QED) is 0.793. The summed E-state index contributed by atoms with van der Waals surface area (Å²) in [5.74, 6) is 0.442. The Hall–Kier alpha value is -1.19. The van der Waals surface area contributed by atoms with Crippen LogP contribution in [0.25, 0.3) is 0 Å². The highest BCUT2D eigenvalue weighted by Gasteiger charge is 2.29. The van der Waals surface area contributed by atoms with Crippen LogP contribution in [0, 0.1) is 5.92 Å². The third kappa shape index (κ3) is 5.74. The molecule has 23 heavy (non-hydrogen) atoms. The second-order valence-corrected chi connectivity index (χ2v) is 5.97. The number of hydrogen-bond acceptors (Lipinski definition) is 5. The number of halogens is 3. The maximum atomic E-state index is 12.0. The molecule has 132 valence electrons. The Morgan fingerprint density at radius 2 is 1.96 bits per heavy atom. The summed E-state index contributed by atoms with van der Waals surface area (Å²) in [6, 6.07) is 0. The maximum Gasteiger partial charge on any atom is 0.411 e. The van der Waals surface area contributed by atoms with E-state index < -0.39 is 31.6 Å². The first-order chi connectivity index (χ1) is 10.9. The molecular formula is C14H22F3N3O3. The zero-order valence-corrected chi connectivity index (χ0v) is 12.7. The molecule has 0 spiro atoms. The van der Waals surface area contributed by atoms with Gasteiger partial charge in [-0.25, -0.2) is 0 Å². The van der Waals surface area contributed by atoms with Gasteiger partial charge in [-0.05, 0) is 18.8 Å². The summed E-state index contributed by atoms with van der Waals surface area (Å²) in [6.45, 7) is -1.87. The van der Waals surface area contributed by atoms with Crippen LogP contribution in [-0.4, -0.2) is 50.5 Å². The Morgan fingerprint density at radius 3 is 2.61 bits per heavy atom. The predicted octanol–water partition coefficient (Wildman–Crippen LogP) is 1.83. The maximum absolute atomic E-state index is 12.0. The standard InChI is InChI=1S/C14H22F3N3O3/c15-14(16,17)8-23-7-11(21)6-20-9-18-19-13(20)12(22)10-4-2-1-3-5-10/h9-12,21-22H,1-8H2. The molecule has 2 atom stereocenters. The number of aromatic nitrogens is 3. The topological polar surface area (TPSA) is 80.4 Å². The number of aliphatic hydroxyl groups is 2. The van der Waals surface area contributed by atoms with Crippen molar-refractivity contribution in [3.05, 3.63) is 12.2 Å². The van der Waals surface area contributed by atoms with Crippen molar-refractivity contribution in [3.63, 3.8) is 0 Å². The monoisotopic (exact) mass is 337 g/mol. The molecule has 1 aliphatic rings. The van der Waals surface area contributed by atoms with E-state index in [-0.39, 0.29) is 12.5 Å². The molecule has 1 fully saturated rings. The molecule has 9 heteroatoms. The molecule has 1 aromatic heterocycles. The van der Waals surface area contributed by atoms with E-state index in [4.69, 9.17) is 0 Å². The first kappa shape index (κ1) is 18.2. The fourth-order valence-electron chi connectivity index (χ4n) is 2.88. The van der Waals surface area contributed by atoms with Gasteiger partial charge in [-0.15, -0.1) is 10.2 Å². The lowest BCUT2D eigenvalue weighted by atomic mass is 9.85. The van der Waals surface area contributed by atoms with Gasteiger partial charge in [0.25, 0.3) is 0 Å². The highest BCUT2D eigenvalue weighted by atomic mass is 19.4. The molecule has 2 N–H and O–H groups in total. The number of aliphatic hydroxyl groups excluding tert-OH is 2. The van der Waals surface area contributed by atoms with Crippen LogP contribution in [0.4, 0.5) is 13.2 Å². The Bertz CT molecular complexity index is 475. The fourth-order valence-corrected chi connectivity index (χ4v) is 2.88. The van der Waals surface area contributed by atoms with Crippen molar-refractivity contribution in [2.24, 2.45) is 5.92 Å². The Morgan fingerprint density at radius 1 is 1.26 bits per heavy atom. The van der Waals surface area contributed by atoms with Crippen molar-refractivity contribution in [3.8, 4) is 0 Å². The van der Waals surface area contributed by atoms with Crippen molar-refractivity contribution in [1.29, 1.82) is 0 Å². The van der Waals surface area contributed by atoms with E-state index in [0.717, 1.165) is 32.1 Å². The molecule has 1 aromatic rings. The van der Waals surface area contributed by atoms with Crippen LogP contribution in [0.5, 0.6) is 0 Å². The molecule has 1 saturated carbocycles. The summed E-state index contributed by atoms with van der Waals surface area (Å²) < 4.78 is 41.9. The Kier molecular flexibility index (Phi) is 6.37. The van der Waals surface area contributed by atoms with Gasteiger partial charge in [0.05, 0.1) is 19.3 Å². The molecule has 6 nitrogen and oxygen atoms in total. The van der Waals surface area contributed by atoms with Crippen molar-refractivity contribution in [2.45, 2.75) is 57.0 Å². The number of hydrogen-bond donors (Lipinski definition) is 2. The molecule has 2 rings (SSSR count).